The number of rotatable bonds is 4. The van der Waals surface area contributed by atoms with Gasteiger partial charge in [0.05, 0.1) is 6.07 Å². The molecule has 1 atom stereocenters. The molecule has 0 saturated carbocycles. The average molecular weight is 232 g/mol. The van der Waals surface area contributed by atoms with Gasteiger partial charge in [-0.15, -0.1) is 0 Å². The summed E-state index contributed by atoms with van der Waals surface area (Å²) in [5.74, 6) is -0.737. The zero-order valence-corrected chi connectivity index (χ0v) is 10.1. The molecule has 1 N–H and O–H groups in total. The van der Waals surface area contributed by atoms with Crippen molar-refractivity contribution in [3.8, 4) is 11.8 Å². The lowest BCUT2D eigenvalue weighted by atomic mass is 10.1. The van der Waals surface area contributed by atoms with Crippen molar-refractivity contribution in [2.75, 3.05) is 11.4 Å². The van der Waals surface area contributed by atoms with E-state index in [0.29, 0.717) is 18.7 Å². The Morgan fingerprint density at radius 3 is 2.71 bits per heavy atom. The molecule has 0 spiro atoms. The molecule has 0 aliphatic carbocycles. The molecule has 90 valence electrons. The van der Waals surface area contributed by atoms with Crippen molar-refractivity contribution in [3.63, 3.8) is 0 Å². The highest BCUT2D eigenvalue weighted by Gasteiger charge is 2.22. The highest BCUT2D eigenvalue weighted by atomic mass is 16.3. The summed E-state index contributed by atoms with van der Waals surface area (Å²) in [6.07, 6.45) is 0.491. The Labute approximate surface area is 101 Å². The van der Waals surface area contributed by atoms with E-state index in [9.17, 15) is 9.90 Å². The van der Waals surface area contributed by atoms with Crippen molar-refractivity contribution < 1.29 is 9.90 Å². The van der Waals surface area contributed by atoms with Gasteiger partial charge in [0.25, 0.3) is 0 Å². The van der Waals surface area contributed by atoms with Crippen LogP contribution in [0, 0.1) is 17.2 Å². The van der Waals surface area contributed by atoms with Crippen LogP contribution < -0.4 is 4.90 Å². The van der Waals surface area contributed by atoms with Crippen molar-refractivity contribution in [2.24, 2.45) is 5.92 Å². The van der Waals surface area contributed by atoms with Crippen molar-refractivity contribution in [1.29, 1.82) is 5.26 Å². The molecule has 1 aromatic rings. The molecular weight excluding hydrogens is 216 g/mol. The fraction of sp³-hybridized carbons (Fsp3) is 0.385. The van der Waals surface area contributed by atoms with Gasteiger partial charge in [-0.3, -0.25) is 4.79 Å². The second-order valence-corrected chi connectivity index (χ2v) is 3.69. The molecule has 0 radical (unpaired) electrons. The van der Waals surface area contributed by atoms with Gasteiger partial charge in [0, 0.05) is 18.3 Å². The predicted molar refractivity (Wildman–Crippen MR) is 65.5 cm³/mol. The summed E-state index contributed by atoms with van der Waals surface area (Å²) in [6.45, 7) is 4.12. The number of nitrogens with zero attached hydrogens (tertiary/aromatic N) is 2. The van der Waals surface area contributed by atoms with Crippen LogP contribution in [-0.2, 0) is 4.79 Å². The molecule has 17 heavy (non-hydrogen) atoms. The molecule has 1 rings (SSSR count). The molecule has 0 heterocycles. The van der Waals surface area contributed by atoms with Gasteiger partial charge in [0.2, 0.25) is 5.91 Å². The minimum absolute atomic E-state index is 0.110. The first kappa shape index (κ1) is 13.0. The van der Waals surface area contributed by atoms with Gasteiger partial charge in [0.1, 0.15) is 11.7 Å². The van der Waals surface area contributed by atoms with Crippen LogP contribution in [0.5, 0.6) is 5.75 Å². The van der Waals surface area contributed by atoms with E-state index < -0.39 is 5.92 Å². The number of aromatic hydroxyl groups is 1. The summed E-state index contributed by atoms with van der Waals surface area (Å²) in [6, 6.07) is 8.48. The minimum atomic E-state index is -0.628. The lowest BCUT2D eigenvalue weighted by molar-refractivity contribution is -0.120. The standard InChI is InChI=1S/C13H16N2O2/c1-3-10(9-14)13(17)15(4-2)11-6-5-7-12(16)8-11/h5-8,10,16H,3-4H2,1-2H3. The van der Waals surface area contributed by atoms with Crippen LogP contribution in [0.1, 0.15) is 20.3 Å². The van der Waals surface area contributed by atoms with Crippen LogP contribution in [-0.4, -0.2) is 17.6 Å². The third kappa shape index (κ3) is 2.97. The Bertz CT molecular complexity index is 437. The van der Waals surface area contributed by atoms with Crippen LogP contribution in [0.25, 0.3) is 0 Å². The number of amides is 1. The molecule has 4 heteroatoms. The molecule has 1 aromatic carbocycles. The van der Waals surface area contributed by atoms with Gasteiger partial charge >= 0.3 is 0 Å². The summed E-state index contributed by atoms with van der Waals surface area (Å²) in [5, 5.41) is 18.3. The Kier molecular flexibility index (Phi) is 4.53. The fourth-order valence-corrected chi connectivity index (χ4v) is 1.64. The normalized spacial score (nSPS) is 11.6. The smallest absolute Gasteiger partial charge is 0.244 e. The van der Waals surface area contributed by atoms with Gasteiger partial charge in [-0.25, -0.2) is 0 Å². The molecule has 0 saturated heterocycles. The van der Waals surface area contributed by atoms with Gasteiger partial charge in [0.15, 0.2) is 0 Å². The third-order valence-corrected chi connectivity index (χ3v) is 2.59. The summed E-state index contributed by atoms with van der Waals surface area (Å²) < 4.78 is 0. The number of carbonyl (C=O) groups is 1. The van der Waals surface area contributed by atoms with Gasteiger partial charge in [-0.2, -0.15) is 5.26 Å². The van der Waals surface area contributed by atoms with Crippen LogP contribution >= 0.6 is 0 Å². The maximum atomic E-state index is 12.1. The number of phenols is 1. The van der Waals surface area contributed by atoms with Crippen molar-refractivity contribution in [3.05, 3.63) is 24.3 Å². The van der Waals surface area contributed by atoms with Crippen LogP contribution in [0.4, 0.5) is 5.69 Å². The maximum absolute atomic E-state index is 12.1. The Hall–Kier alpha value is -2.02. The van der Waals surface area contributed by atoms with Crippen molar-refractivity contribution in [2.45, 2.75) is 20.3 Å². The van der Waals surface area contributed by atoms with E-state index in [-0.39, 0.29) is 11.7 Å². The maximum Gasteiger partial charge on any atom is 0.244 e. The number of hydrogen-bond acceptors (Lipinski definition) is 3. The second-order valence-electron chi connectivity index (χ2n) is 3.69. The summed E-state index contributed by atoms with van der Waals surface area (Å²) in [7, 11) is 0. The first-order valence-corrected chi connectivity index (χ1v) is 5.64. The zero-order valence-electron chi connectivity index (χ0n) is 10.1. The monoisotopic (exact) mass is 232 g/mol. The van der Waals surface area contributed by atoms with Crippen LogP contribution in [0.2, 0.25) is 0 Å². The first-order chi connectivity index (χ1) is 8.13. The molecule has 0 aliphatic heterocycles. The van der Waals surface area contributed by atoms with E-state index in [4.69, 9.17) is 5.26 Å². The highest BCUT2D eigenvalue weighted by molar-refractivity contribution is 5.96. The summed E-state index contributed by atoms with van der Waals surface area (Å²) >= 11 is 0. The van der Waals surface area contributed by atoms with Gasteiger partial charge in [-0.05, 0) is 25.5 Å². The lowest BCUT2D eigenvalue weighted by Gasteiger charge is -2.23. The number of carbonyl (C=O) groups excluding carboxylic acids is 1. The Morgan fingerprint density at radius 2 is 2.24 bits per heavy atom. The topological polar surface area (TPSA) is 64.3 Å². The van der Waals surface area contributed by atoms with E-state index in [1.54, 1.807) is 18.2 Å². The average Bonchev–Trinajstić information content (AvgIpc) is 2.31. The molecule has 1 unspecified atom stereocenters. The number of nitriles is 1. The second kappa shape index (κ2) is 5.90. The van der Waals surface area contributed by atoms with E-state index >= 15 is 0 Å². The number of benzene rings is 1. The summed E-state index contributed by atoms with van der Waals surface area (Å²) in [5.41, 5.74) is 0.617. The largest absolute Gasteiger partial charge is 0.508 e. The minimum Gasteiger partial charge on any atom is -0.508 e. The van der Waals surface area contributed by atoms with E-state index in [2.05, 4.69) is 0 Å². The fourth-order valence-electron chi connectivity index (χ4n) is 1.64. The molecule has 0 bridgehead atoms. The third-order valence-electron chi connectivity index (χ3n) is 2.59. The van der Waals surface area contributed by atoms with Gasteiger partial charge < -0.3 is 10.0 Å². The van der Waals surface area contributed by atoms with E-state index in [1.165, 1.54) is 11.0 Å². The molecule has 0 aliphatic rings. The van der Waals surface area contributed by atoms with E-state index in [0.717, 1.165) is 0 Å². The van der Waals surface area contributed by atoms with Crippen LogP contribution in [0.15, 0.2) is 24.3 Å². The number of anilines is 1. The zero-order chi connectivity index (χ0) is 12.8. The SMILES string of the molecule is CCC(C#N)C(=O)N(CC)c1cccc(O)c1. The van der Waals surface area contributed by atoms with E-state index in [1.807, 2.05) is 19.9 Å². The summed E-state index contributed by atoms with van der Waals surface area (Å²) in [4.78, 5) is 13.6. The van der Waals surface area contributed by atoms with Crippen LogP contribution in [0.3, 0.4) is 0 Å². The molecule has 4 nitrogen and oxygen atoms in total. The number of phenolic OH excluding ortho intramolecular Hbond substituents is 1. The lowest BCUT2D eigenvalue weighted by Crippen LogP contribution is -2.35. The molecule has 1 amide bonds. The Morgan fingerprint density at radius 1 is 1.53 bits per heavy atom. The number of hydrogen-bond donors (Lipinski definition) is 1. The van der Waals surface area contributed by atoms with Crippen molar-refractivity contribution >= 4 is 11.6 Å². The van der Waals surface area contributed by atoms with Gasteiger partial charge in [-0.1, -0.05) is 13.0 Å². The quantitative estimate of drug-likeness (QED) is 0.866. The predicted octanol–water partition coefficient (Wildman–Crippen LogP) is 2.29. The highest BCUT2D eigenvalue weighted by Crippen LogP contribution is 2.22. The molecule has 0 fully saturated rings. The molecule has 0 aromatic heterocycles. The van der Waals surface area contributed by atoms with Crippen molar-refractivity contribution in [1.82, 2.24) is 0 Å². The Balaban J connectivity index is 3.00. The molecular formula is C13H16N2O2. The first-order valence-electron chi connectivity index (χ1n) is 5.64.